The standard InChI is InChI=1S/C23H25NO4S/c1-5-21(25)28-19-12-9-15(2)23(27-4)17(19)13-29-14-24-18-7-6-8-20(26-3)22(18)16-10-11-16/h5-9,12,14,16H,1,10-11,13H2,2-4H3. The molecule has 0 N–H and O–H groups in total. The maximum Gasteiger partial charge on any atom is 0.335 e. The lowest BCUT2D eigenvalue weighted by molar-refractivity contribution is -0.129. The average Bonchev–Trinajstić information content (AvgIpc) is 3.57. The summed E-state index contributed by atoms with van der Waals surface area (Å²) in [5, 5.41) is 0. The van der Waals surface area contributed by atoms with Gasteiger partial charge in [0.1, 0.15) is 17.2 Å². The molecule has 3 rings (SSSR count). The van der Waals surface area contributed by atoms with E-state index in [2.05, 4.69) is 11.6 Å². The van der Waals surface area contributed by atoms with Gasteiger partial charge in [0, 0.05) is 23.0 Å². The van der Waals surface area contributed by atoms with Gasteiger partial charge in [-0.1, -0.05) is 18.7 Å². The Morgan fingerprint density at radius 1 is 1.21 bits per heavy atom. The van der Waals surface area contributed by atoms with Crippen LogP contribution in [0.5, 0.6) is 17.2 Å². The zero-order valence-corrected chi connectivity index (χ0v) is 17.8. The molecular weight excluding hydrogens is 386 g/mol. The minimum Gasteiger partial charge on any atom is -0.496 e. The van der Waals surface area contributed by atoms with Gasteiger partial charge in [0.25, 0.3) is 0 Å². The number of carbonyl (C=O) groups is 1. The molecule has 2 aromatic rings. The third-order valence-electron chi connectivity index (χ3n) is 4.74. The van der Waals surface area contributed by atoms with E-state index in [1.807, 2.05) is 36.7 Å². The second-order valence-corrected chi connectivity index (χ2v) is 7.56. The lowest BCUT2D eigenvalue weighted by atomic mass is 10.1. The molecule has 5 nitrogen and oxygen atoms in total. The van der Waals surface area contributed by atoms with Crippen LogP contribution in [0.15, 0.2) is 48.0 Å². The van der Waals surface area contributed by atoms with Crippen LogP contribution in [-0.4, -0.2) is 25.7 Å². The molecule has 0 bridgehead atoms. The second-order valence-electron chi connectivity index (χ2n) is 6.73. The maximum atomic E-state index is 11.7. The smallest absolute Gasteiger partial charge is 0.335 e. The van der Waals surface area contributed by atoms with Crippen molar-refractivity contribution in [2.75, 3.05) is 14.2 Å². The molecule has 29 heavy (non-hydrogen) atoms. The van der Waals surface area contributed by atoms with Crippen LogP contribution in [0.4, 0.5) is 5.69 Å². The van der Waals surface area contributed by atoms with E-state index in [0.29, 0.717) is 23.2 Å². The van der Waals surface area contributed by atoms with Crippen LogP contribution in [0, 0.1) is 6.92 Å². The molecule has 0 atom stereocenters. The van der Waals surface area contributed by atoms with Crippen LogP contribution in [0.1, 0.15) is 35.4 Å². The van der Waals surface area contributed by atoms with E-state index >= 15 is 0 Å². The van der Waals surface area contributed by atoms with E-state index in [9.17, 15) is 4.79 Å². The molecular formula is C23H25NO4S. The van der Waals surface area contributed by atoms with Gasteiger partial charge in [-0.2, -0.15) is 0 Å². The number of methoxy groups -OCH3 is 2. The van der Waals surface area contributed by atoms with Crippen LogP contribution < -0.4 is 14.2 Å². The Bertz CT molecular complexity index is 935. The van der Waals surface area contributed by atoms with Crippen molar-refractivity contribution in [2.45, 2.75) is 31.4 Å². The van der Waals surface area contributed by atoms with Crippen molar-refractivity contribution in [1.82, 2.24) is 0 Å². The van der Waals surface area contributed by atoms with Crippen molar-refractivity contribution < 1.29 is 19.0 Å². The van der Waals surface area contributed by atoms with Crippen LogP contribution in [-0.2, 0) is 10.5 Å². The molecule has 0 unspecified atom stereocenters. The fraction of sp³-hybridized carbons (Fsp3) is 0.304. The lowest BCUT2D eigenvalue weighted by Gasteiger charge is -2.15. The summed E-state index contributed by atoms with van der Waals surface area (Å²) < 4.78 is 16.4. The predicted molar refractivity (Wildman–Crippen MR) is 118 cm³/mol. The number of nitrogens with zero attached hydrogens (tertiary/aromatic N) is 1. The molecule has 0 amide bonds. The van der Waals surface area contributed by atoms with Crippen molar-refractivity contribution in [3.63, 3.8) is 0 Å². The number of esters is 1. The zero-order valence-electron chi connectivity index (χ0n) is 16.9. The van der Waals surface area contributed by atoms with Gasteiger partial charge in [-0.25, -0.2) is 9.79 Å². The number of carbonyl (C=O) groups excluding carboxylic acids is 1. The van der Waals surface area contributed by atoms with Crippen molar-refractivity contribution in [3.8, 4) is 17.2 Å². The monoisotopic (exact) mass is 411 g/mol. The summed E-state index contributed by atoms with van der Waals surface area (Å²) in [7, 11) is 3.31. The largest absolute Gasteiger partial charge is 0.496 e. The van der Waals surface area contributed by atoms with Crippen LogP contribution >= 0.6 is 11.8 Å². The molecule has 1 aliphatic carbocycles. The van der Waals surface area contributed by atoms with Crippen LogP contribution in [0.2, 0.25) is 0 Å². The highest BCUT2D eigenvalue weighted by molar-refractivity contribution is 8.11. The van der Waals surface area contributed by atoms with E-state index in [-0.39, 0.29) is 0 Å². The molecule has 1 fully saturated rings. The van der Waals surface area contributed by atoms with Gasteiger partial charge in [0.15, 0.2) is 0 Å². The Morgan fingerprint density at radius 3 is 2.66 bits per heavy atom. The van der Waals surface area contributed by atoms with E-state index in [0.717, 1.165) is 28.6 Å². The first-order valence-electron chi connectivity index (χ1n) is 9.40. The molecule has 2 aromatic carbocycles. The molecule has 0 heterocycles. The second kappa shape index (κ2) is 9.65. The Labute approximate surface area is 175 Å². The van der Waals surface area contributed by atoms with Crippen LogP contribution in [0.3, 0.4) is 0 Å². The van der Waals surface area contributed by atoms with Gasteiger partial charge < -0.3 is 14.2 Å². The number of hydrogen-bond donors (Lipinski definition) is 0. The Morgan fingerprint density at radius 2 is 2.00 bits per heavy atom. The van der Waals surface area contributed by atoms with E-state index < -0.39 is 5.97 Å². The molecule has 0 saturated heterocycles. The molecule has 1 saturated carbocycles. The number of rotatable bonds is 9. The predicted octanol–water partition coefficient (Wildman–Crippen LogP) is 5.57. The summed E-state index contributed by atoms with van der Waals surface area (Å²) in [6.45, 7) is 5.41. The number of hydrogen-bond acceptors (Lipinski definition) is 6. The summed E-state index contributed by atoms with van der Waals surface area (Å²) in [5.41, 5.74) is 5.73. The van der Waals surface area contributed by atoms with Crippen LogP contribution in [0.25, 0.3) is 0 Å². The fourth-order valence-electron chi connectivity index (χ4n) is 3.21. The molecule has 0 spiro atoms. The molecule has 6 heteroatoms. The minimum absolute atomic E-state index is 0.471. The van der Waals surface area contributed by atoms with E-state index in [1.54, 1.807) is 20.3 Å². The Kier molecular flexibility index (Phi) is 6.99. The number of aryl methyl sites for hydroxylation is 1. The van der Waals surface area contributed by atoms with Gasteiger partial charge in [-0.3, -0.25) is 0 Å². The van der Waals surface area contributed by atoms with E-state index in [1.165, 1.54) is 30.2 Å². The first-order chi connectivity index (χ1) is 14.1. The quantitative estimate of drug-likeness (QED) is 0.177. The fourth-order valence-corrected chi connectivity index (χ4v) is 3.92. The Balaban J connectivity index is 1.79. The van der Waals surface area contributed by atoms with Gasteiger partial charge >= 0.3 is 5.97 Å². The molecule has 0 radical (unpaired) electrons. The topological polar surface area (TPSA) is 57.1 Å². The first-order valence-corrected chi connectivity index (χ1v) is 10.5. The lowest BCUT2D eigenvalue weighted by Crippen LogP contribution is -2.06. The zero-order chi connectivity index (χ0) is 20.8. The Hall–Kier alpha value is -2.73. The minimum atomic E-state index is -0.499. The highest BCUT2D eigenvalue weighted by atomic mass is 32.2. The van der Waals surface area contributed by atoms with Crippen molar-refractivity contribution in [2.24, 2.45) is 4.99 Å². The molecule has 152 valence electrons. The summed E-state index contributed by atoms with van der Waals surface area (Å²) in [6, 6.07) is 9.60. The van der Waals surface area contributed by atoms with Gasteiger partial charge in [0.2, 0.25) is 0 Å². The van der Waals surface area contributed by atoms with Gasteiger partial charge in [-0.15, -0.1) is 11.8 Å². The molecule has 1 aliphatic rings. The normalized spacial score (nSPS) is 13.3. The van der Waals surface area contributed by atoms with E-state index in [4.69, 9.17) is 14.2 Å². The molecule has 0 aromatic heterocycles. The summed E-state index contributed by atoms with van der Waals surface area (Å²) >= 11 is 1.51. The maximum absolute atomic E-state index is 11.7. The number of aliphatic imine (C=N–C) groups is 1. The van der Waals surface area contributed by atoms with Crippen molar-refractivity contribution in [1.29, 1.82) is 0 Å². The van der Waals surface area contributed by atoms with Gasteiger partial charge in [0.05, 0.1) is 25.5 Å². The first kappa shape index (κ1) is 21.0. The third-order valence-corrected chi connectivity index (χ3v) is 5.45. The summed E-state index contributed by atoms with van der Waals surface area (Å²) in [5.74, 6) is 2.66. The summed E-state index contributed by atoms with van der Waals surface area (Å²) in [6.07, 6.45) is 3.50. The number of ether oxygens (including phenoxy) is 3. The SMILES string of the molecule is C=CC(=O)Oc1ccc(C)c(OC)c1CSC=Nc1cccc(OC)c1C1CC1. The average molecular weight is 412 g/mol. The van der Waals surface area contributed by atoms with Crippen molar-refractivity contribution >= 4 is 29.0 Å². The highest BCUT2D eigenvalue weighted by Gasteiger charge is 2.29. The van der Waals surface area contributed by atoms with Gasteiger partial charge in [-0.05, 0) is 49.4 Å². The highest BCUT2D eigenvalue weighted by Crippen LogP contribution is 2.48. The summed E-state index contributed by atoms with van der Waals surface area (Å²) in [4.78, 5) is 16.3. The van der Waals surface area contributed by atoms with Crippen molar-refractivity contribution in [3.05, 3.63) is 59.7 Å². The molecule has 0 aliphatic heterocycles. The number of thioether (sulfide) groups is 1. The third kappa shape index (κ3) is 5.01. The number of benzene rings is 2.